The van der Waals surface area contributed by atoms with Crippen molar-refractivity contribution in [1.29, 1.82) is 0 Å². The number of methoxy groups -OCH3 is 2. The molecule has 0 aliphatic carbocycles. The molecule has 1 aromatic heterocycles. The number of aromatic nitrogens is 3. The third-order valence-corrected chi connectivity index (χ3v) is 5.52. The van der Waals surface area contributed by atoms with E-state index in [0.29, 0.717) is 10.9 Å². The number of aromatic amines is 1. The second kappa shape index (κ2) is 9.12. The van der Waals surface area contributed by atoms with Crippen molar-refractivity contribution in [2.24, 2.45) is 0 Å². The highest BCUT2D eigenvalue weighted by Crippen LogP contribution is 2.39. The van der Waals surface area contributed by atoms with Gasteiger partial charge >= 0.3 is 0 Å². The second-order valence-corrected chi connectivity index (χ2v) is 7.40. The van der Waals surface area contributed by atoms with Crippen LogP contribution >= 0.6 is 11.8 Å². The lowest BCUT2D eigenvalue weighted by Gasteiger charge is -2.26. The van der Waals surface area contributed by atoms with Gasteiger partial charge in [0.05, 0.1) is 26.0 Å². The summed E-state index contributed by atoms with van der Waals surface area (Å²) in [5.41, 5.74) is 0.996. The standard InChI is InChI=1S/C19H26N4O3S/c1-4-6-17-20-19(22-21-17)27-12-18(24)23-10-5-7-15(23)14-11-13(25-2)8-9-16(14)26-3/h8-9,11,15H,4-7,10,12H2,1-3H3,(H,20,21,22). The molecule has 27 heavy (non-hydrogen) atoms. The van der Waals surface area contributed by atoms with Crippen molar-refractivity contribution in [2.75, 3.05) is 26.5 Å². The van der Waals surface area contributed by atoms with Crippen LogP contribution in [-0.4, -0.2) is 52.5 Å². The van der Waals surface area contributed by atoms with Crippen molar-refractivity contribution in [3.05, 3.63) is 29.6 Å². The summed E-state index contributed by atoms with van der Waals surface area (Å²) in [6.45, 7) is 2.85. The summed E-state index contributed by atoms with van der Waals surface area (Å²) >= 11 is 1.38. The molecule has 8 heteroatoms. The van der Waals surface area contributed by atoms with Gasteiger partial charge in [0.1, 0.15) is 17.3 Å². The minimum atomic E-state index is 0.00551. The molecule has 146 valence electrons. The molecule has 1 aromatic carbocycles. The Balaban J connectivity index is 1.69. The topological polar surface area (TPSA) is 80.3 Å². The number of carbonyl (C=O) groups excluding carboxylic acids is 1. The fourth-order valence-electron chi connectivity index (χ4n) is 3.39. The van der Waals surface area contributed by atoms with Gasteiger partial charge in [-0.25, -0.2) is 4.98 Å². The number of hydrogen-bond acceptors (Lipinski definition) is 6. The molecular weight excluding hydrogens is 364 g/mol. The number of likely N-dealkylation sites (tertiary alicyclic amines) is 1. The van der Waals surface area contributed by atoms with Crippen LogP contribution in [0.2, 0.25) is 0 Å². The van der Waals surface area contributed by atoms with E-state index in [4.69, 9.17) is 9.47 Å². The first-order chi connectivity index (χ1) is 13.2. The van der Waals surface area contributed by atoms with Crippen molar-refractivity contribution >= 4 is 17.7 Å². The molecule has 1 fully saturated rings. The summed E-state index contributed by atoms with van der Waals surface area (Å²) in [6.07, 6.45) is 3.77. The lowest BCUT2D eigenvalue weighted by atomic mass is 10.0. The maximum atomic E-state index is 12.9. The Morgan fingerprint density at radius 3 is 2.96 bits per heavy atom. The zero-order chi connectivity index (χ0) is 19.2. The summed E-state index contributed by atoms with van der Waals surface area (Å²) < 4.78 is 10.9. The minimum absolute atomic E-state index is 0.00551. The third kappa shape index (κ3) is 4.55. The smallest absolute Gasteiger partial charge is 0.233 e. The molecule has 0 bridgehead atoms. The molecule has 0 radical (unpaired) electrons. The van der Waals surface area contributed by atoms with Crippen LogP contribution in [0.1, 0.15) is 43.6 Å². The number of nitrogens with zero attached hydrogens (tertiary/aromatic N) is 3. The van der Waals surface area contributed by atoms with Crippen molar-refractivity contribution in [1.82, 2.24) is 20.1 Å². The highest BCUT2D eigenvalue weighted by Gasteiger charge is 2.32. The van der Waals surface area contributed by atoms with Gasteiger partial charge in [-0.1, -0.05) is 18.7 Å². The molecule has 0 saturated carbocycles. The van der Waals surface area contributed by atoms with Gasteiger partial charge in [-0.2, -0.15) is 0 Å². The van der Waals surface area contributed by atoms with Gasteiger partial charge in [-0.05, 0) is 37.5 Å². The maximum Gasteiger partial charge on any atom is 0.233 e. The van der Waals surface area contributed by atoms with Crippen LogP contribution in [0, 0.1) is 0 Å². The van der Waals surface area contributed by atoms with Crippen molar-refractivity contribution < 1.29 is 14.3 Å². The number of thioether (sulfide) groups is 1. The van der Waals surface area contributed by atoms with Gasteiger partial charge in [0.2, 0.25) is 11.1 Å². The quantitative estimate of drug-likeness (QED) is 0.697. The number of carbonyl (C=O) groups is 1. The zero-order valence-corrected chi connectivity index (χ0v) is 16.8. The van der Waals surface area contributed by atoms with E-state index in [0.717, 1.165) is 55.1 Å². The van der Waals surface area contributed by atoms with E-state index in [-0.39, 0.29) is 11.9 Å². The van der Waals surface area contributed by atoms with Crippen LogP contribution in [0.15, 0.2) is 23.4 Å². The van der Waals surface area contributed by atoms with Crippen LogP contribution in [-0.2, 0) is 11.2 Å². The molecule has 1 N–H and O–H groups in total. The van der Waals surface area contributed by atoms with Crippen molar-refractivity contribution in [2.45, 2.75) is 43.8 Å². The first-order valence-electron chi connectivity index (χ1n) is 9.21. The number of hydrogen-bond donors (Lipinski definition) is 1. The lowest BCUT2D eigenvalue weighted by molar-refractivity contribution is -0.129. The Kier molecular flexibility index (Phi) is 6.60. The predicted octanol–water partition coefficient (Wildman–Crippen LogP) is 3.23. The monoisotopic (exact) mass is 390 g/mol. The highest BCUT2D eigenvalue weighted by atomic mass is 32.2. The van der Waals surface area contributed by atoms with Gasteiger partial charge in [-0.15, -0.1) is 5.10 Å². The normalized spacial score (nSPS) is 16.6. The summed E-state index contributed by atoms with van der Waals surface area (Å²) in [6, 6.07) is 5.74. The zero-order valence-electron chi connectivity index (χ0n) is 16.0. The van der Waals surface area contributed by atoms with E-state index in [2.05, 4.69) is 22.1 Å². The molecule has 1 unspecified atom stereocenters. The Bertz CT molecular complexity index is 780. The second-order valence-electron chi connectivity index (χ2n) is 6.46. The van der Waals surface area contributed by atoms with Crippen LogP contribution in [0.5, 0.6) is 11.5 Å². The van der Waals surface area contributed by atoms with Gasteiger partial charge in [-0.3, -0.25) is 9.89 Å². The SMILES string of the molecule is CCCc1nc(SCC(=O)N2CCCC2c2cc(OC)ccc2OC)n[nH]1. The number of H-pyrrole nitrogens is 1. The number of ether oxygens (including phenoxy) is 2. The number of aryl methyl sites for hydroxylation is 1. The van der Waals surface area contributed by atoms with E-state index in [9.17, 15) is 4.79 Å². The molecule has 0 spiro atoms. The molecule has 3 rings (SSSR count). The number of amides is 1. The summed E-state index contributed by atoms with van der Waals surface area (Å²) in [4.78, 5) is 19.2. The summed E-state index contributed by atoms with van der Waals surface area (Å²) in [7, 11) is 3.29. The van der Waals surface area contributed by atoms with E-state index in [1.54, 1.807) is 14.2 Å². The average Bonchev–Trinajstić information content (AvgIpc) is 3.35. The van der Waals surface area contributed by atoms with Gasteiger partial charge in [0, 0.05) is 18.5 Å². The molecule has 7 nitrogen and oxygen atoms in total. The van der Waals surface area contributed by atoms with E-state index < -0.39 is 0 Å². The highest BCUT2D eigenvalue weighted by molar-refractivity contribution is 7.99. The molecule has 1 atom stereocenters. The number of nitrogens with one attached hydrogen (secondary N) is 1. The van der Waals surface area contributed by atoms with Gasteiger partial charge in [0.15, 0.2) is 0 Å². The van der Waals surface area contributed by atoms with Gasteiger partial charge < -0.3 is 14.4 Å². The van der Waals surface area contributed by atoms with Crippen molar-refractivity contribution in [3.8, 4) is 11.5 Å². The van der Waals surface area contributed by atoms with Crippen LogP contribution < -0.4 is 9.47 Å². The van der Waals surface area contributed by atoms with Gasteiger partial charge in [0.25, 0.3) is 0 Å². The Hall–Kier alpha value is -2.22. The first kappa shape index (κ1) is 19.5. The Morgan fingerprint density at radius 2 is 2.22 bits per heavy atom. The summed E-state index contributed by atoms with van der Waals surface area (Å²) in [5.74, 6) is 2.84. The minimum Gasteiger partial charge on any atom is -0.497 e. The Morgan fingerprint density at radius 1 is 1.37 bits per heavy atom. The largest absolute Gasteiger partial charge is 0.497 e. The average molecular weight is 391 g/mol. The molecule has 1 aliphatic heterocycles. The first-order valence-corrected chi connectivity index (χ1v) is 10.2. The molecular formula is C19H26N4O3S. The fraction of sp³-hybridized carbons (Fsp3) is 0.526. The van der Waals surface area contributed by atoms with E-state index in [1.807, 2.05) is 23.1 Å². The maximum absolute atomic E-state index is 12.9. The molecule has 1 aliphatic rings. The number of benzene rings is 1. The molecule has 2 heterocycles. The molecule has 1 saturated heterocycles. The summed E-state index contributed by atoms with van der Waals surface area (Å²) in [5, 5.41) is 7.73. The lowest BCUT2D eigenvalue weighted by Crippen LogP contribution is -2.32. The Labute approximate surface area is 163 Å². The molecule has 1 amide bonds. The van der Waals surface area contributed by atoms with Crippen LogP contribution in [0.3, 0.4) is 0 Å². The molecule has 2 aromatic rings. The van der Waals surface area contributed by atoms with Crippen molar-refractivity contribution in [3.63, 3.8) is 0 Å². The fourth-order valence-corrected chi connectivity index (χ4v) is 4.09. The predicted molar refractivity (Wildman–Crippen MR) is 104 cm³/mol. The van der Waals surface area contributed by atoms with E-state index >= 15 is 0 Å². The van der Waals surface area contributed by atoms with E-state index in [1.165, 1.54) is 11.8 Å². The third-order valence-electron chi connectivity index (χ3n) is 4.69. The number of rotatable bonds is 8. The van der Waals surface area contributed by atoms with Crippen LogP contribution in [0.4, 0.5) is 0 Å². The van der Waals surface area contributed by atoms with Crippen LogP contribution in [0.25, 0.3) is 0 Å².